The van der Waals surface area contributed by atoms with Crippen LogP contribution in [0.25, 0.3) is 0 Å². The Morgan fingerprint density at radius 3 is 2.85 bits per heavy atom. The Hall–Kier alpha value is -0.610. The molecule has 0 aromatic carbocycles. The summed E-state index contributed by atoms with van der Waals surface area (Å²) in [5, 5.41) is 3.88. The molecule has 1 saturated heterocycles. The van der Waals surface area contributed by atoms with Gasteiger partial charge in [0.1, 0.15) is 0 Å². The van der Waals surface area contributed by atoms with Gasteiger partial charge in [-0.1, -0.05) is 0 Å². The van der Waals surface area contributed by atoms with Gasteiger partial charge in [0.25, 0.3) is 0 Å². The van der Waals surface area contributed by atoms with Gasteiger partial charge in [0, 0.05) is 32.1 Å². The summed E-state index contributed by atoms with van der Waals surface area (Å²) >= 11 is 0. The maximum atomic E-state index is 11.5. The molecule has 1 rings (SSSR count). The molecule has 0 aromatic rings. The van der Waals surface area contributed by atoms with Crippen LogP contribution in [0.1, 0.15) is 26.7 Å². The van der Waals surface area contributed by atoms with Gasteiger partial charge in [0.2, 0.25) is 5.91 Å². The summed E-state index contributed by atoms with van der Waals surface area (Å²) in [7, 11) is 0. The molecule has 1 atom stereocenters. The van der Waals surface area contributed by atoms with Crippen LogP contribution >= 0.6 is 0 Å². The van der Waals surface area contributed by atoms with Gasteiger partial charge in [-0.05, 0) is 20.3 Å². The molecule has 0 radical (unpaired) electrons. The van der Waals surface area contributed by atoms with Crippen LogP contribution in [0.15, 0.2) is 0 Å². The van der Waals surface area contributed by atoms with Crippen LogP contribution in [0.3, 0.4) is 0 Å². The first-order valence-corrected chi connectivity index (χ1v) is 4.96. The number of rotatable bonds is 3. The number of nitrogens with two attached hydrogens (primary N) is 1. The Kier molecular flexibility index (Phi) is 3.69. The average Bonchev–Trinajstić information content (AvgIpc) is 2.03. The zero-order chi connectivity index (χ0) is 9.84. The second-order valence-electron chi connectivity index (χ2n) is 3.60. The van der Waals surface area contributed by atoms with Crippen LogP contribution in [0.4, 0.5) is 0 Å². The van der Waals surface area contributed by atoms with Gasteiger partial charge < -0.3 is 5.73 Å². The van der Waals surface area contributed by atoms with Crippen molar-refractivity contribution in [2.75, 3.05) is 19.6 Å². The summed E-state index contributed by atoms with van der Waals surface area (Å²) in [6, 6.07) is 0.125. The zero-order valence-electron chi connectivity index (χ0n) is 8.49. The molecule has 0 aliphatic carbocycles. The van der Waals surface area contributed by atoms with Gasteiger partial charge in [-0.3, -0.25) is 9.80 Å². The first kappa shape index (κ1) is 10.5. The Labute approximate surface area is 79.6 Å². The van der Waals surface area contributed by atoms with Gasteiger partial charge in [-0.15, -0.1) is 0 Å². The van der Waals surface area contributed by atoms with E-state index in [2.05, 4.69) is 5.01 Å². The number of hydrogen-bond donors (Lipinski definition) is 1. The summed E-state index contributed by atoms with van der Waals surface area (Å²) in [4.78, 5) is 11.5. The Morgan fingerprint density at radius 1 is 1.62 bits per heavy atom. The highest BCUT2D eigenvalue weighted by Gasteiger charge is 2.24. The lowest BCUT2D eigenvalue weighted by Gasteiger charge is -2.38. The number of hydrazine groups is 1. The van der Waals surface area contributed by atoms with Crippen molar-refractivity contribution in [3.63, 3.8) is 0 Å². The fourth-order valence-electron chi connectivity index (χ4n) is 1.72. The summed E-state index contributed by atoms with van der Waals surface area (Å²) in [6.45, 7) is 6.45. The van der Waals surface area contributed by atoms with E-state index in [0.29, 0.717) is 6.42 Å². The van der Waals surface area contributed by atoms with Crippen molar-refractivity contribution >= 4 is 5.91 Å². The van der Waals surface area contributed by atoms with E-state index in [9.17, 15) is 4.79 Å². The molecule has 1 aliphatic heterocycles. The van der Waals surface area contributed by atoms with E-state index < -0.39 is 0 Å². The molecule has 76 valence electrons. The molecule has 0 saturated carbocycles. The normalized spacial score (nSPS) is 22.1. The number of hydrogen-bond acceptors (Lipinski definition) is 3. The van der Waals surface area contributed by atoms with Gasteiger partial charge in [0.15, 0.2) is 0 Å². The van der Waals surface area contributed by atoms with E-state index in [-0.39, 0.29) is 11.9 Å². The predicted octanol–water partition coefficient (Wildman–Crippen LogP) is 0.193. The minimum atomic E-state index is 0.125. The topological polar surface area (TPSA) is 49.6 Å². The lowest BCUT2D eigenvalue weighted by molar-refractivity contribution is -0.155. The van der Waals surface area contributed by atoms with Crippen LogP contribution in [0, 0.1) is 0 Å². The van der Waals surface area contributed by atoms with Crippen molar-refractivity contribution in [3.8, 4) is 0 Å². The third-order valence-corrected chi connectivity index (χ3v) is 2.23. The van der Waals surface area contributed by atoms with Crippen molar-refractivity contribution in [2.24, 2.45) is 5.73 Å². The van der Waals surface area contributed by atoms with Crippen LogP contribution in [-0.4, -0.2) is 41.6 Å². The summed E-state index contributed by atoms with van der Waals surface area (Å²) in [5.74, 6) is 0.231. The maximum Gasteiger partial charge on any atom is 0.236 e. The number of amides is 1. The number of carbonyl (C=O) groups is 1. The van der Waals surface area contributed by atoms with E-state index in [1.807, 2.05) is 18.9 Å². The van der Waals surface area contributed by atoms with E-state index in [0.717, 1.165) is 26.1 Å². The maximum absolute atomic E-state index is 11.5. The van der Waals surface area contributed by atoms with E-state index in [4.69, 9.17) is 5.73 Å². The highest BCUT2D eigenvalue weighted by Crippen LogP contribution is 2.11. The van der Waals surface area contributed by atoms with Crippen molar-refractivity contribution in [1.29, 1.82) is 0 Å². The lowest BCUT2D eigenvalue weighted by Crippen LogP contribution is -2.53. The molecular formula is C9H19N3O. The van der Waals surface area contributed by atoms with Crippen LogP contribution in [0.5, 0.6) is 0 Å². The van der Waals surface area contributed by atoms with Gasteiger partial charge in [0.05, 0.1) is 0 Å². The molecule has 0 aromatic heterocycles. The van der Waals surface area contributed by atoms with Crippen LogP contribution in [0.2, 0.25) is 0 Å². The van der Waals surface area contributed by atoms with Gasteiger partial charge in [-0.2, -0.15) is 0 Å². The molecular weight excluding hydrogens is 166 g/mol. The molecule has 1 aliphatic rings. The highest BCUT2D eigenvalue weighted by molar-refractivity contribution is 5.76. The smallest absolute Gasteiger partial charge is 0.236 e. The third-order valence-electron chi connectivity index (χ3n) is 2.23. The standard InChI is InChI=1S/C9H19N3O/c1-3-12-9(13)5-4-6-11(12)7-8(2)10/h8H,3-7,10H2,1-2H3. The average molecular weight is 185 g/mol. The first-order chi connectivity index (χ1) is 6.15. The third kappa shape index (κ3) is 2.67. The SMILES string of the molecule is CCN1C(=O)CCCN1CC(C)N. The number of nitrogens with zero attached hydrogens (tertiary/aromatic N) is 2. The second-order valence-corrected chi connectivity index (χ2v) is 3.60. The molecule has 4 heteroatoms. The molecule has 1 heterocycles. The number of carbonyl (C=O) groups excluding carboxylic acids is 1. The second kappa shape index (κ2) is 4.58. The molecule has 1 amide bonds. The molecule has 13 heavy (non-hydrogen) atoms. The molecule has 0 spiro atoms. The molecule has 1 fully saturated rings. The Balaban J connectivity index is 2.54. The largest absolute Gasteiger partial charge is 0.327 e. The van der Waals surface area contributed by atoms with E-state index in [1.54, 1.807) is 0 Å². The van der Waals surface area contributed by atoms with Crippen molar-refractivity contribution < 1.29 is 4.79 Å². The summed E-state index contributed by atoms with van der Waals surface area (Å²) in [5.41, 5.74) is 5.71. The molecule has 2 N–H and O–H groups in total. The predicted molar refractivity (Wildman–Crippen MR) is 51.8 cm³/mol. The monoisotopic (exact) mass is 185 g/mol. The van der Waals surface area contributed by atoms with Crippen LogP contribution in [-0.2, 0) is 4.79 Å². The lowest BCUT2D eigenvalue weighted by atomic mass is 10.2. The molecule has 0 bridgehead atoms. The highest BCUT2D eigenvalue weighted by atomic mass is 16.2. The summed E-state index contributed by atoms with van der Waals surface area (Å²) in [6.07, 6.45) is 1.64. The first-order valence-electron chi connectivity index (χ1n) is 4.96. The fourth-order valence-corrected chi connectivity index (χ4v) is 1.72. The fraction of sp³-hybridized carbons (Fsp3) is 0.889. The van der Waals surface area contributed by atoms with Crippen molar-refractivity contribution in [2.45, 2.75) is 32.7 Å². The van der Waals surface area contributed by atoms with E-state index in [1.165, 1.54) is 0 Å². The van der Waals surface area contributed by atoms with E-state index >= 15 is 0 Å². The van der Waals surface area contributed by atoms with Crippen molar-refractivity contribution in [3.05, 3.63) is 0 Å². The Morgan fingerprint density at radius 2 is 2.31 bits per heavy atom. The molecule has 1 unspecified atom stereocenters. The van der Waals surface area contributed by atoms with Crippen LogP contribution < -0.4 is 5.73 Å². The quantitative estimate of drug-likeness (QED) is 0.683. The van der Waals surface area contributed by atoms with Gasteiger partial charge >= 0.3 is 0 Å². The minimum Gasteiger partial charge on any atom is -0.327 e. The minimum absolute atomic E-state index is 0.125. The van der Waals surface area contributed by atoms with Gasteiger partial charge in [-0.25, -0.2) is 5.01 Å². The molecule has 4 nitrogen and oxygen atoms in total. The zero-order valence-corrected chi connectivity index (χ0v) is 8.49. The van der Waals surface area contributed by atoms with Crippen molar-refractivity contribution in [1.82, 2.24) is 10.0 Å². The Bertz CT molecular complexity index is 182. The summed E-state index contributed by atoms with van der Waals surface area (Å²) < 4.78 is 0.